The number of nitrogens with one attached hydrogen (secondary N) is 2. The summed E-state index contributed by atoms with van der Waals surface area (Å²) < 4.78 is 5.70. The van der Waals surface area contributed by atoms with Crippen molar-refractivity contribution >= 4 is 11.9 Å². The summed E-state index contributed by atoms with van der Waals surface area (Å²) >= 11 is 0. The Morgan fingerprint density at radius 3 is 2.70 bits per heavy atom. The molecule has 1 heterocycles. The fourth-order valence-electron chi connectivity index (χ4n) is 2.36. The molecule has 1 saturated heterocycles. The van der Waals surface area contributed by atoms with Crippen LogP contribution in [0, 0.1) is 0 Å². The van der Waals surface area contributed by atoms with Crippen molar-refractivity contribution in [1.82, 2.24) is 15.5 Å². The van der Waals surface area contributed by atoms with Gasteiger partial charge in [-0.15, -0.1) is 0 Å². The minimum atomic E-state index is -0.428. The molecule has 1 unspecified atom stereocenters. The van der Waals surface area contributed by atoms with E-state index < -0.39 is 6.03 Å². The van der Waals surface area contributed by atoms with Crippen molar-refractivity contribution in [1.29, 1.82) is 0 Å². The van der Waals surface area contributed by atoms with Crippen LogP contribution in [0.5, 0.6) is 0 Å². The van der Waals surface area contributed by atoms with Gasteiger partial charge in [0, 0.05) is 19.7 Å². The average molecular weight is 285 g/mol. The molecule has 6 nitrogen and oxygen atoms in total. The van der Waals surface area contributed by atoms with Crippen LogP contribution in [-0.4, -0.2) is 55.7 Å². The number of hydrogen-bond donors (Lipinski definition) is 2. The van der Waals surface area contributed by atoms with Gasteiger partial charge in [0.05, 0.1) is 12.6 Å². The normalized spacial score (nSPS) is 18.9. The number of ether oxygens (including phenoxy) is 1. The van der Waals surface area contributed by atoms with Gasteiger partial charge < -0.3 is 10.1 Å². The summed E-state index contributed by atoms with van der Waals surface area (Å²) in [6, 6.07) is -0.428. The Morgan fingerprint density at radius 1 is 1.30 bits per heavy atom. The fraction of sp³-hybridized carbons (Fsp3) is 0.857. The lowest BCUT2D eigenvalue weighted by molar-refractivity contribution is -0.121. The number of imide groups is 1. The van der Waals surface area contributed by atoms with Crippen LogP contribution in [0.1, 0.15) is 39.5 Å². The molecule has 3 amide bonds. The summed E-state index contributed by atoms with van der Waals surface area (Å²) in [6.45, 7) is 7.05. The standard InChI is InChI=1S/C14H27N3O3/c1-3-8-17(10-12-7-5-6-9-20-12)11-13(18)16-14(19)15-4-2/h12H,3-11H2,1-2H3,(H2,15,16,18,19). The molecule has 1 aliphatic rings. The molecule has 1 aliphatic heterocycles. The topological polar surface area (TPSA) is 70.7 Å². The zero-order valence-corrected chi connectivity index (χ0v) is 12.6. The van der Waals surface area contributed by atoms with Crippen molar-refractivity contribution in [3.05, 3.63) is 0 Å². The summed E-state index contributed by atoms with van der Waals surface area (Å²) in [5.74, 6) is -0.264. The third kappa shape index (κ3) is 6.86. The lowest BCUT2D eigenvalue weighted by Crippen LogP contribution is -2.46. The van der Waals surface area contributed by atoms with E-state index in [0.29, 0.717) is 6.54 Å². The number of carbonyl (C=O) groups excluding carboxylic acids is 2. The van der Waals surface area contributed by atoms with E-state index in [4.69, 9.17) is 4.74 Å². The highest BCUT2D eigenvalue weighted by Gasteiger charge is 2.19. The summed E-state index contributed by atoms with van der Waals surface area (Å²) in [7, 11) is 0. The monoisotopic (exact) mass is 285 g/mol. The molecule has 0 spiro atoms. The van der Waals surface area contributed by atoms with Gasteiger partial charge in [-0.1, -0.05) is 6.92 Å². The molecule has 2 N–H and O–H groups in total. The molecular formula is C14H27N3O3. The highest BCUT2D eigenvalue weighted by Crippen LogP contribution is 2.13. The molecule has 1 rings (SSSR count). The second-order valence-electron chi connectivity index (χ2n) is 5.13. The molecule has 1 fully saturated rings. The van der Waals surface area contributed by atoms with Crippen LogP contribution in [0.15, 0.2) is 0 Å². The maximum Gasteiger partial charge on any atom is 0.321 e. The van der Waals surface area contributed by atoms with Crippen LogP contribution in [0.25, 0.3) is 0 Å². The number of carbonyl (C=O) groups is 2. The van der Waals surface area contributed by atoms with Gasteiger partial charge in [0.2, 0.25) is 5.91 Å². The molecule has 0 aromatic heterocycles. The molecular weight excluding hydrogens is 258 g/mol. The number of nitrogens with zero attached hydrogens (tertiary/aromatic N) is 1. The summed E-state index contributed by atoms with van der Waals surface area (Å²) in [5, 5.41) is 4.88. The van der Waals surface area contributed by atoms with Crippen molar-refractivity contribution in [3.63, 3.8) is 0 Å². The fourth-order valence-corrected chi connectivity index (χ4v) is 2.36. The Balaban J connectivity index is 2.36. The molecule has 0 radical (unpaired) electrons. The first-order valence-electron chi connectivity index (χ1n) is 7.57. The largest absolute Gasteiger partial charge is 0.377 e. The molecule has 0 aliphatic carbocycles. The summed E-state index contributed by atoms with van der Waals surface area (Å²) in [5.41, 5.74) is 0. The van der Waals surface area contributed by atoms with E-state index in [2.05, 4.69) is 22.5 Å². The minimum Gasteiger partial charge on any atom is -0.377 e. The Kier molecular flexibility index (Phi) is 8.22. The van der Waals surface area contributed by atoms with Crippen molar-refractivity contribution in [2.75, 3.05) is 32.8 Å². The first-order valence-corrected chi connectivity index (χ1v) is 7.57. The second-order valence-corrected chi connectivity index (χ2v) is 5.13. The predicted octanol–water partition coefficient (Wildman–Crippen LogP) is 1.11. The summed E-state index contributed by atoms with van der Waals surface area (Å²) in [4.78, 5) is 25.2. The number of amides is 3. The SMILES string of the molecule is CCCN(CC(=O)NC(=O)NCC)CC1CCCCO1. The third-order valence-electron chi connectivity index (χ3n) is 3.23. The van der Waals surface area contributed by atoms with Crippen molar-refractivity contribution in [2.45, 2.75) is 45.6 Å². The molecule has 20 heavy (non-hydrogen) atoms. The van der Waals surface area contributed by atoms with Crippen LogP contribution in [-0.2, 0) is 9.53 Å². The van der Waals surface area contributed by atoms with E-state index in [-0.39, 0.29) is 18.6 Å². The lowest BCUT2D eigenvalue weighted by Gasteiger charge is -2.29. The first-order chi connectivity index (χ1) is 9.65. The van der Waals surface area contributed by atoms with Gasteiger partial charge in [-0.25, -0.2) is 4.79 Å². The maximum absolute atomic E-state index is 11.8. The Hall–Kier alpha value is -1.14. The van der Waals surface area contributed by atoms with E-state index in [1.54, 1.807) is 0 Å². The van der Waals surface area contributed by atoms with Crippen molar-refractivity contribution < 1.29 is 14.3 Å². The molecule has 0 aromatic rings. The third-order valence-corrected chi connectivity index (χ3v) is 3.23. The Morgan fingerprint density at radius 2 is 2.10 bits per heavy atom. The molecule has 0 saturated carbocycles. The molecule has 0 aromatic carbocycles. The predicted molar refractivity (Wildman–Crippen MR) is 77.5 cm³/mol. The molecule has 1 atom stereocenters. The van der Waals surface area contributed by atoms with E-state index in [1.165, 1.54) is 6.42 Å². The first kappa shape index (κ1) is 16.9. The van der Waals surface area contributed by atoms with E-state index in [9.17, 15) is 9.59 Å². The van der Waals surface area contributed by atoms with Gasteiger partial charge in [0.25, 0.3) is 0 Å². The van der Waals surface area contributed by atoms with Crippen LogP contribution in [0.2, 0.25) is 0 Å². The highest BCUT2D eigenvalue weighted by atomic mass is 16.5. The molecule has 0 bridgehead atoms. The van der Waals surface area contributed by atoms with Crippen molar-refractivity contribution in [2.24, 2.45) is 0 Å². The Labute approximate surface area is 121 Å². The van der Waals surface area contributed by atoms with Crippen molar-refractivity contribution in [3.8, 4) is 0 Å². The van der Waals surface area contributed by atoms with E-state index in [1.807, 2.05) is 6.92 Å². The quantitative estimate of drug-likeness (QED) is 0.735. The van der Waals surface area contributed by atoms with Gasteiger partial charge in [-0.2, -0.15) is 0 Å². The van der Waals surface area contributed by atoms with E-state index in [0.717, 1.165) is 39.0 Å². The average Bonchev–Trinajstić information content (AvgIpc) is 2.40. The number of rotatable bonds is 7. The number of hydrogen-bond acceptors (Lipinski definition) is 4. The maximum atomic E-state index is 11.8. The van der Waals surface area contributed by atoms with Gasteiger partial charge in [0.1, 0.15) is 0 Å². The lowest BCUT2D eigenvalue weighted by atomic mass is 10.1. The van der Waals surface area contributed by atoms with Gasteiger partial charge in [-0.05, 0) is 39.2 Å². The zero-order chi connectivity index (χ0) is 14.8. The zero-order valence-electron chi connectivity index (χ0n) is 12.6. The summed E-state index contributed by atoms with van der Waals surface area (Å²) in [6.07, 6.45) is 4.56. The van der Waals surface area contributed by atoms with Crippen LogP contribution in [0.4, 0.5) is 4.79 Å². The van der Waals surface area contributed by atoms with Crippen LogP contribution in [0.3, 0.4) is 0 Å². The van der Waals surface area contributed by atoms with E-state index >= 15 is 0 Å². The second kappa shape index (κ2) is 9.72. The smallest absolute Gasteiger partial charge is 0.321 e. The van der Waals surface area contributed by atoms with Gasteiger partial charge in [0.15, 0.2) is 0 Å². The van der Waals surface area contributed by atoms with Crippen LogP contribution >= 0.6 is 0 Å². The van der Waals surface area contributed by atoms with Gasteiger partial charge in [-0.3, -0.25) is 15.0 Å². The number of urea groups is 1. The van der Waals surface area contributed by atoms with Gasteiger partial charge >= 0.3 is 6.03 Å². The van der Waals surface area contributed by atoms with Crippen LogP contribution < -0.4 is 10.6 Å². The minimum absolute atomic E-state index is 0.215. The highest BCUT2D eigenvalue weighted by molar-refractivity contribution is 5.95. The molecule has 6 heteroatoms. The molecule has 116 valence electrons. The Bertz CT molecular complexity index is 304.